The van der Waals surface area contributed by atoms with Crippen molar-refractivity contribution in [2.24, 2.45) is 23.2 Å². The van der Waals surface area contributed by atoms with Gasteiger partial charge in [0, 0.05) is 24.1 Å². The molecule has 0 saturated heterocycles. The molecule has 4 bridgehead atoms. The number of amides is 1. The Balaban J connectivity index is 1.05. The number of benzene rings is 2. The molecule has 6 nitrogen and oxygen atoms in total. The van der Waals surface area contributed by atoms with Crippen molar-refractivity contribution in [1.82, 2.24) is 15.1 Å². The average Bonchev–Trinajstić information content (AvgIpc) is 3.39. The van der Waals surface area contributed by atoms with Gasteiger partial charge in [-0.3, -0.25) is 4.79 Å². The van der Waals surface area contributed by atoms with Crippen LogP contribution in [0.5, 0.6) is 0 Å². The lowest BCUT2D eigenvalue weighted by Gasteiger charge is -2.56. The van der Waals surface area contributed by atoms with Crippen molar-refractivity contribution in [3.05, 3.63) is 65.3 Å². The van der Waals surface area contributed by atoms with E-state index in [0.29, 0.717) is 12.8 Å². The van der Waals surface area contributed by atoms with Crippen LogP contribution in [-0.4, -0.2) is 21.0 Å². The topological polar surface area (TPSA) is 83.8 Å². The SMILES string of the molecule is Cc1noc(C)c1-c1cccc(Cc2nc3ccc(NC(=O)CC45CC6CC(CC(C6)C4)C5)cc3[nH]2)c1. The minimum atomic E-state index is 0.164. The van der Waals surface area contributed by atoms with Gasteiger partial charge in [0.05, 0.1) is 16.7 Å². The molecule has 2 aromatic carbocycles. The predicted octanol–water partition coefficient (Wildman–Crippen LogP) is 6.97. The van der Waals surface area contributed by atoms with Crippen molar-refractivity contribution < 1.29 is 9.32 Å². The number of imidazole rings is 1. The molecule has 2 N–H and O–H groups in total. The molecule has 0 atom stereocenters. The quantitative estimate of drug-likeness (QED) is 0.303. The van der Waals surface area contributed by atoms with Gasteiger partial charge in [0.25, 0.3) is 0 Å². The molecule has 4 aliphatic carbocycles. The third-order valence-corrected chi connectivity index (χ3v) is 9.14. The van der Waals surface area contributed by atoms with Crippen LogP contribution in [0.2, 0.25) is 0 Å². The maximum absolute atomic E-state index is 13.1. The highest BCUT2D eigenvalue weighted by Gasteiger charge is 2.51. The summed E-state index contributed by atoms with van der Waals surface area (Å²) in [6, 6.07) is 14.4. The normalized spacial score (nSPS) is 26.2. The Morgan fingerprint density at radius 3 is 2.51 bits per heavy atom. The molecule has 4 aromatic rings. The van der Waals surface area contributed by atoms with E-state index in [1.165, 1.54) is 44.1 Å². The summed E-state index contributed by atoms with van der Waals surface area (Å²) in [5.74, 6) is 4.49. The molecule has 2 aromatic heterocycles. The highest BCUT2D eigenvalue weighted by Crippen LogP contribution is 2.61. The number of nitrogens with one attached hydrogen (secondary N) is 2. The van der Waals surface area contributed by atoms with E-state index in [4.69, 9.17) is 9.51 Å². The molecule has 8 rings (SSSR count). The van der Waals surface area contributed by atoms with Gasteiger partial charge in [-0.15, -0.1) is 0 Å². The van der Waals surface area contributed by atoms with Crippen LogP contribution in [0.25, 0.3) is 22.2 Å². The number of fused-ring (bicyclic) bond motifs is 1. The number of H-pyrrole nitrogens is 1. The van der Waals surface area contributed by atoms with Gasteiger partial charge in [-0.25, -0.2) is 4.98 Å². The fourth-order valence-corrected chi connectivity index (χ4v) is 8.20. The molecule has 190 valence electrons. The molecule has 0 unspecified atom stereocenters. The number of carbonyl (C=O) groups excluding carboxylic acids is 1. The van der Waals surface area contributed by atoms with E-state index < -0.39 is 0 Å². The number of aromatic nitrogens is 3. The first-order valence-electron chi connectivity index (χ1n) is 13.7. The molecular formula is C31H34N4O2. The van der Waals surface area contributed by atoms with E-state index >= 15 is 0 Å². The highest BCUT2D eigenvalue weighted by atomic mass is 16.5. The fraction of sp³-hybridized carbons (Fsp3) is 0.452. The van der Waals surface area contributed by atoms with Gasteiger partial charge in [0.2, 0.25) is 5.91 Å². The molecule has 37 heavy (non-hydrogen) atoms. The van der Waals surface area contributed by atoms with Gasteiger partial charge >= 0.3 is 0 Å². The number of rotatable bonds is 6. The van der Waals surface area contributed by atoms with Crippen LogP contribution in [0.15, 0.2) is 47.0 Å². The Hall–Kier alpha value is -3.41. The monoisotopic (exact) mass is 494 g/mol. The zero-order valence-corrected chi connectivity index (χ0v) is 21.6. The van der Waals surface area contributed by atoms with E-state index in [1.54, 1.807) is 0 Å². The van der Waals surface area contributed by atoms with Crippen LogP contribution in [0.1, 0.15) is 67.8 Å². The molecular weight excluding hydrogens is 460 g/mol. The van der Waals surface area contributed by atoms with E-state index in [2.05, 4.69) is 39.7 Å². The molecule has 1 amide bonds. The average molecular weight is 495 g/mol. The maximum atomic E-state index is 13.1. The third kappa shape index (κ3) is 4.26. The number of aromatic amines is 1. The number of anilines is 1. The Morgan fingerprint density at radius 1 is 1.05 bits per heavy atom. The zero-order valence-electron chi connectivity index (χ0n) is 21.6. The summed E-state index contributed by atoms with van der Waals surface area (Å²) < 4.78 is 5.36. The van der Waals surface area contributed by atoms with Gasteiger partial charge in [-0.05, 0) is 105 Å². The Kier molecular flexibility index (Phi) is 5.27. The molecule has 0 spiro atoms. The van der Waals surface area contributed by atoms with Crippen molar-refractivity contribution in [2.45, 2.75) is 65.2 Å². The largest absolute Gasteiger partial charge is 0.361 e. The van der Waals surface area contributed by atoms with Gasteiger partial charge in [-0.1, -0.05) is 29.4 Å². The van der Waals surface area contributed by atoms with E-state index in [0.717, 1.165) is 62.9 Å². The Morgan fingerprint density at radius 2 is 1.81 bits per heavy atom. The van der Waals surface area contributed by atoms with Crippen LogP contribution < -0.4 is 5.32 Å². The standard InChI is InChI=1S/C31H34N4O2/c1-18-30(19(2)37-35-18)24-5-3-4-20(11-24)12-28-33-26-7-6-25(13-27(26)34-28)32-29(36)17-31-14-21-8-22(15-31)10-23(9-21)16-31/h3-7,11,13,21-23H,8-10,12,14-17H2,1-2H3,(H,32,36)(H,33,34). The van der Waals surface area contributed by atoms with Crippen LogP contribution in [0.3, 0.4) is 0 Å². The second-order valence-electron chi connectivity index (χ2n) is 12.1. The number of nitrogens with zero attached hydrogens (tertiary/aromatic N) is 2. The first-order chi connectivity index (χ1) is 17.9. The first kappa shape index (κ1) is 22.8. The lowest BCUT2D eigenvalue weighted by atomic mass is 9.49. The summed E-state index contributed by atoms with van der Waals surface area (Å²) >= 11 is 0. The van der Waals surface area contributed by atoms with Gasteiger partial charge < -0.3 is 14.8 Å². The number of hydrogen-bond acceptors (Lipinski definition) is 4. The Labute approximate surface area is 217 Å². The number of hydrogen-bond donors (Lipinski definition) is 2. The highest BCUT2D eigenvalue weighted by molar-refractivity contribution is 5.93. The lowest BCUT2D eigenvalue weighted by Crippen LogP contribution is -2.47. The van der Waals surface area contributed by atoms with E-state index in [1.807, 2.05) is 32.0 Å². The van der Waals surface area contributed by atoms with Crippen molar-refractivity contribution >= 4 is 22.6 Å². The van der Waals surface area contributed by atoms with Crippen molar-refractivity contribution in [3.63, 3.8) is 0 Å². The van der Waals surface area contributed by atoms with Crippen LogP contribution in [0.4, 0.5) is 5.69 Å². The summed E-state index contributed by atoms with van der Waals surface area (Å²) in [4.78, 5) is 21.4. The second kappa shape index (κ2) is 8.57. The van der Waals surface area contributed by atoms with Gasteiger partial charge in [-0.2, -0.15) is 0 Å². The summed E-state index contributed by atoms with van der Waals surface area (Å²) in [6.45, 7) is 3.91. The van der Waals surface area contributed by atoms with Crippen LogP contribution in [0, 0.1) is 37.0 Å². The predicted molar refractivity (Wildman–Crippen MR) is 144 cm³/mol. The molecule has 4 aliphatic rings. The smallest absolute Gasteiger partial charge is 0.224 e. The van der Waals surface area contributed by atoms with Gasteiger partial charge in [0.15, 0.2) is 0 Å². The molecule has 0 aliphatic heterocycles. The van der Waals surface area contributed by atoms with Crippen LogP contribution in [-0.2, 0) is 11.2 Å². The molecule has 4 fully saturated rings. The van der Waals surface area contributed by atoms with Crippen LogP contribution >= 0.6 is 0 Å². The minimum absolute atomic E-state index is 0.164. The minimum Gasteiger partial charge on any atom is -0.361 e. The van der Waals surface area contributed by atoms with Crippen molar-refractivity contribution in [1.29, 1.82) is 0 Å². The summed E-state index contributed by atoms with van der Waals surface area (Å²) in [5, 5.41) is 7.29. The fourth-order valence-electron chi connectivity index (χ4n) is 8.20. The van der Waals surface area contributed by atoms with E-state index in [9.17, 15) is 4.79 Å². The zero-order chi connectivity index (χ0) is 25.1. The molecule has 0 radical (unpaired) electrons. The second-order valence-corrected chi connectivity index (χ2v) is 12.1. The summed E-state index contributed by atoms with van der Waals surface area (Å²) in [7, 11) is 0. The van der Waals surface area contributed by atoms with E-state index in [-0.39, 0.29) is 11.3 Å². The maximum Gasteiger partial charge on any atom is 0.224 e. The van der Waals surface area contributed by atoms with Crippen molar-refractivity contribution in [2.75, 3.05) is 5.32 Å². The molecule has 2 heterocycles. The number of aryl methyl sites for hydroxylation is 2. The molecule has 4 saturated carbocycles. The van der Waals surface area contributed by atoms with Crippen molar-refractivity contribution in [3.8, 4) is 11.1 Å². The molecule has 6 heteroatoms. The lowest BCUT2D eigenvalue weighted by molar-refractivity contribution is -0.124. The Bertz CT molecular complexity index is 1440. The van der Waals surface area contributed by atoms with Gasteiger partial charge in [0.1, 0.15) is 11.6 Å². The summed E-state index contributed by atoms with van der Waals surface area (Å²) in [5.41, 5.74) is 7.19. The summed E-state index contributed by atoms with van der Waals surface area (Å²) in [6.07, 6.45) is 9.35. The first-order valence-corrected chi connectivity index (χ1v) is 13.7. The third-order valence-electron chi connectivity index (χ3n) is 9.14. The number of carbonyl (C=O) groups is 1.